The predicted molar refractivity (Wildman–Crippen MR) is 83.7 cm³/mol. The molecule has 0 aromatic heterocycles. The lowest BCUT2D eigenvalue weighted by atomic mass is 10.1. The highest BCUT2D eigenvalue weighted by Gasteiger charge is 2.26. The van der Waals surface area contributed by atoms with Crippen molar-refractivity contribution >= 4 is 11.9 Å². The molecule has 0 fully saturated rings. The Bertz CT molecular complexity index is 375. The van der Waals surface area contributed by atoms with Crippen LogP contribution in [-0.2, 0) is 9.47 Å². The molecule has 1 aliphatic rings. The number of amidine groups is 1. The van der Waals surface area contributed by atoms with Crippen LogP contribution in [-0.4, -0.2) is 61.8 Å². The monoisotopic (exact) mass is 299 g/mol. The van der Waals surface area contributed by atoms with Crippen LogP contribution in [0.5, 0.6) is 0 Å². The van der Waals surface area contributed by atoms with E-state index in [0.717, 1.165) is 5.84 Å². The Balaban J connectivity index is 2.59. The number of amides is 1. The van der Waals surface area contributed by atoms with Crippen LogP contribution in [0, 0.1) is 5.92 Å². The van der Waals surface area contributed by atoms with Crippen molar-refractivity contribution in [2.24, 2.45) is 10.9 Å². The molecule has 1 unspecified atom stereocenters. The lowest BCUT2D eigenvalue weighted by Crippen LogP contribution is -2.51. The average molecular weight is 299 g/mol. The number of methoxy groups -OCH3 is 1. The van der Waals surface area contributed by atoms with Gasteiger partial charge in [0.25, 0.3) is 0 Å². The zero-order chi connectivity index (χ0) is 16.0. The number of carbonyl (C=O) groups is 1. The molecule has 1 heterocycles. The minimum atomic E-state index is -0.476. The van der Waals surface area contributed by atoms with Crippen LogP contribution >= 0.6 is 0 Å². The van der Waals surface area contributed by atoms with Crippen molar-refractivity contribution < 1.29 is 14.3 Å². The molecule has 122 valence electrons. The molecule has 1 amide bonds. The normalized spacial score (nSPS) is 17.5. The van der Waals surface area contributed by atoms with Gasteiger partial charge >= 0.3 is 6.09 Å². The summed E-state index contributed by atoms with van der Waals surface area (Å²) in [7, 11) is 1.69. The fraction of sp³-hybridized carbons (Fsp3) is 0.867. The van der Waals surface area contributed by atoms with E-state index in [-0.39, 0.29) is 12.1 Å². The number of hydrogen-bond donors (Lipinski definition) is 1. The second kappa shape index (κ2) is 7.64. The number of ether oxygens (including phenoxy) is 2. The summed E-state index contributed by atoms with van der Waals surface area (Å²) in [4.78, 5) is 18.2. The molecule has 0 aromatic rings. The number of hydrogen-bond acceptors (Lipinski definition) is 5. The smallest absolute Gasteiger partial charge is 0.410 e. The fourth-order valence-corrected chi connectivity index (χ4v) is 1.98. The van der Waals surface area contributed by atoms with Gasteiger partial charge in [-0.05, 0) is 26.7 Å². The summed E-state index contributed by atoms with van der Waals surface area (Å²) in [5, 5.41) is 3.38. The maximum atomic E-state index is 12.1. The quantitative estimate of drug-likeness (QED) is 0.861. The molecule has 0 aliphatic carbocycles. The van der Waals surface area contributed by atoms with Gasteiger partial charge in [-0.3, -0.25) is 9.89 Å². The highest BCUT2D eigenvalue weighted by molar-refractivity contribution is 5.88. The fourth-order valence-electron chi connectivity index (χ4n) is 1.98. The van der Waals surface area contributed by atoms with Crippen molar-refractivity contribution in [3.8, 4) is 0 Å². The van der Waals surface area contributed by atoms with Crippen LogP contribution in [0.25, 0.3) is 0 Å². The molecule has 0 bridgehead atoms. The molecule has 0 saturated heterocycles. The first kappa shape index (κ1) is 17.8. The molecule has 1 rings (SSSR count). The lowest BCUT2D eigenvalue weighted by Gasteiger charge is -2.32. The molecule has 0 saturated carbocycles. The van der Waals surface area contributed by atoms with E-state index in [1.165, 1.54) is 0 Å². The van der Waals surface area contributed by atoms with Gasteiger partial charge in [-0.15, -0.1) is 0 Å². The van der Waals surface area contributed by atoms with Gasteiger partial charge in [-0.1, -0.05) is 13.8 Å². The van der Waals surface area contributed by atoms with Crippen LogP contribution in [0.1, 0.15) is 34.6 Å². The molecule has 6 nitrogen and oxygen atoms in total. The van der Waals surface area contributed by atoms with Gasteiger partial charge in [0.2, 0.25) is 0 Å². The Morgan fingerprint density at radius 3 is 2.62 bits per heavy atom. The van der Waals surface area contributed by atoms with E-state index in [1.807, 2.05) is 20.8 Å². The van der Waals surface area contributed by atoms with Gasteiger partial charge in [0.1, 0.15) is 11.4 Å². The Hall–Kier alpha value is -1.30. The third-order valence-electron chi connectivity index (χ3n) is 3.17. The highest BCUT2D eigenvalue weighted by Crippen LogP contribution is 2.11. The second-order valence-corrected chi connectivity index (χ2v) is 6.68. The van der Waals surface area contributed by atoms with Crippen LogP contribution in [0.3, 0.4) is 0 Å². The molecule has 0 radical (unpaired) electrons. The summed E-state index contributed by atoms with van der Waals surface area (Å²) in [6.45, 7) is 12.1. The molecule has 6 heteroatoms. The van der Waals surface area contributed by atoms with E-state index in [4.69, 9.17) is 9.47 Å². The van der Waals surface area contributed by atoms with Crippen molar-refractivity contribution in [2.75, 3.05) is 33.4 Å². The van der Waals surface area contributed by atoms with Crippen molar-refractivity contribution in [3.05, 3.63) is 0 Å². The predicted octanol–water partition coefficient (Wildman–Crippen LogP) is 1.90. The Labute approximate surface area is 127 Å². The minimum absolute atomic E-state index is 0.187. The van der Waals surface area contributed by atoms with Gasteiger partial charge in [-0.2, -0.15) is 0 Å². The molecular weight excluding hydrogens is 270 g/mol. The second-order valence-electron chi connectivity index (χ2n) is 6.68. The van der Waals surface area contributed by atoms with Crippen molar-refractivity contribution in [1.82, 2.24) is 10.2 Å². The van der Waals surface area contributed by atoms with Gasteiger partial charge < -0.3 is 14.8 Å². The zero-order valence-electron chi connectivity index (χ0n) is 14.1. The lowest BCUT2D eigenvalue weighted by molar-refractivity contribution is 0.0275. The van der Waals surface area contributed by atoms with E-state index in [0.29, 0.717) is 32.2 Å². The maximum Gasteiger partial charge on any atom is 0.410 e. The molecule has 0 aromatic carbocycles. The molecule has 0 spiro atoms. The van der Waals surface area contributed by atoms with Crippen molar-refractivity contribution in [1.29, 1.82) is 0 Å². The number of nitrogens with one attached hydrogen (secondary N) is 1. The Morgan fingerprint density at radius 2 is 2.10 bits per heavy atom. The van der Waals surface area contributed by atoms with Gasteiger partial charge in [0.15, 0.2) is 0 Å². The Kier molecular flexibility index (Phi) is 6.45. The topological polar surface area (TPSA) is 63.2 Å². The van der Waals surface area contributed by atoms with Crippen LogP contribution in [0.4, 0.5) is 4.79 Å². The standard InChI is InChI=1S/C15H29N3O3/c1-11(2)12(10-20-6)17-13-9-18(8-7-16-13)14(19)21-15(3,4)5/h11-12H,7-10H2,1-6H3,(H,16,17). The summed E-state index contributed by atoms with van der Waals surface area (Å²) in [5.41, 5.74) is -0.476. The Morgan fingerprint density at radius 1 is 1.43 bits per heavy atom. The van der Waals surface area contributed by atoms with E-state index in [9.17, 15) is 4.79 Å². The number of nitrogens with zero attached hydrogens (tertiary/aromatic N) is 2. The van der Waals surface area contributed by atoms with E-state index in [1.54, 1.807) is 12.0 Å². The van der Waals surface area contributed by atoms with Crippen LogP contribution in [0.15, 0.2) is 4.99 Å². The molecular formula is C15H29N3O3. The van der Waals surface area contributed by atoms with Crippen molar-refractivity contribution in [2.45, 2.75) is 46.3 Å². The van der Waals surface area contributed by atoms with E-state index >= 15 is 0 Å². The minimum Gasteiger partial charge on any atom is -0.444 e. The van der Waals surface area contributed by atoms with Gasteiger partial charge in [-0.25, -0.2) is 4.79 Å². The van der Waals surface area contributed by atoms with Gasteiger partial charge in [0.05, 0.1) is 25.7 Å². The van der Waals surface area contributed by atoms with Crippen LogP contribution < -0.4 is 5.32 Å². The first-order valence-electron chi connectivity index (χ1n) is 7.49. The summed E-state index contributed by atoms with van der Waals surface area (Å²) >= 11 is 0. The van der Waals surface area contributed by atoms with E-state index < -0.39 is 5.60 Å². The van der Waals surface area contributed by atoms with Gasteiger partial charge in [0, 0.05) is 13.7 Å². The highest BCUT2D eigenvalue weighted by atomic mass is 16.6. The summed E-state index contributed by atoms with van der Waals surface area (Å²) < 4.78 is 10.6. The molecule has 1 N–H and O–H groups in total. The first-order chi connectivity index (χ1) is 9.73. The third-order valence-corrected chi connectivity index (χ3v) is 3.17. The van der Waals surface area contributed by atoms with Crippen LogP contribution in [0.2, 0.25) is 0 Å². The average Bonchev–Trinajstić information content (AvgIpc) is 2.36. The summed E-state index contributed by atoms with van der Waals surface area (Å²) in [6.07, 6.45) is -0.287. The molecule has 21 heavy (non-hydrogen) atoms. The summed E-state index contributed by atoms with van der Waals surface area (Å²) in [6, 6.07) is 0.187. The number of carbonyl (C=O) groups excluding carboxylic acids is 1. The first-order valence-corrected chi connectivity index (χ1v) is 7.49. The largest absolute Gasteiger partial charge is 0.444 e. The maximum absolute atomic E-state index is 12.1. The summed E-state index contributed by atoms with van der Waals surface area (Å²) in [5.74, 6) is 1.24. The molecule has 1 aliphatic heterocycles. The molecule has 1 atom stereocenters. The van der Waals surface area contributed by atoms with E-state index in [2.05, 4.69) is 24.2 Å². The number of rotatable bonds is 4. The SMILES string of the molecule is COCC(NC1=NCCN(C(=O)OC(C)(C)C)C1)C(C)C. The van der Waals surface area contributed by atoms with Crippen molar-refractivity contribution in [3.63, 3.8) is 0 Å². The third kappa shape index (κ3) is 6.33. The zero-order valence-corrected chi connectivity index (χ0v) is 14.1. The number of aliphatic imine (C=N–C) groups is 1.